The van der Waals surface area contributed by atoms with Crippen molar-refractivity contribution in [2.24, 2.45) is 11.5 Å². The third-order valence-electron chi connectivity index (χ3n) is 3.45. The van der Waals surface area contributed by atoms with E-state index in [2.05, 4.69) is 16.0 Å². The molecule has 0 radical (unpaired) electrons. The summed E-state index contributed by atoms with van der Waals surface area (Å²) in [6.07, 6.45) is 2.11. The van der Waals surface area contributed by atoms with Gasteiger partial charge in [-0.25, -0.2) is 0 Å². The maximum Gasteiger partial charge on any atom is 0.325 e. The minimum atomic E-state index is -1.20. The lowest BCUT2D eigenvalue weighted by atomic mass is 10.1. The van der Waals surface area contributed by atoms with Gasteiger partial charge in [-0.2, -0.15) is 11.8 Å². The SMILES string of the molecule is CSCCC(NC(=O)CNC(=O)C(N)CCC(N)=O)C(=O)NC(C)C(=O)O. The normalized spacial score (nSPS) is 13.7. The molecule has 0 bridgehead atoms. The highest BCUT2D eigenvalue weighted by molar-refractivity contribution is 7.98. The van der Waals surface area contributed by atoms with E-state index in [1.54, 1.807) is 0 Å². The van der Waals surface area contributed by atoms with Gasteiger partial charge < -0.3 is 32.5 Å². The fraction of sp³-hybridized carbons (Fsp3) is 0.667. The molecular weight excluding hydrogens is 378 g/mol. The number of nitrogens with one attached hydrogen (secondary N) is 3. The Kier molecular flexibility index (Phi) is 11.8. The summed E-state index contributed by atoms with van der Waals surface area (Å²) in [5.41, 5.74) is 10.5. The lowest BCUT2D eigenvalue weighted by molar-refractivity contribution is -0.141. The largest absolute Gasteiger partial charge is 0.480 e. The number of hydrogen-bond donors (Lipinski definition) is 6. The monoisotopic (exact) mass is 405 g/mol. The molecule has 154 valence electrons. The molecule has 12 heteroatoms. The quantitative estimate of drug-likeness (QED) is 0.194. The van der Waals surface area contributed by atoms with E-state index in [1.807, 2.05) is 6.26 Å². The lowest BCUT2D eigenvalue weighted by Crippen LogP contribution is -2.53. The highest BCUT2D eigenvalue weighted by Crippen LogP contribution is 2.02. The van der Waals surface area contributed by atoms with Crippen molar-refractivity contribution in [2.45, 2.75) is 44.3 Å². The van der Waals surface area contributed by atoms with Crippen molar-refractivity contribution >= 4 is 41.4 Å². The molecule has 3 atom stereocenters. The van der Waals surface area contributed by atoms with E-state index in [-0.39, 0.29) is 19.3 Å². The summed E-state index contributed by atoms with van der Waals surface area (Å²) in [6, 6.07) is -3.03. The van der Waals surface area contributed by atoms with Crippen molar-refractivity contribution in [1.82, 2.24) is 16.0 Å². The Morgan fingerprint density at radius 1 is 1.07 bits per heavy atom. The number of carbonyl (C=O) groups excluding carboxylic acids is 4. The first-order valence-electron chi connectivity index (χ1n) is 8.21. The number of carboxylic acid groups (broad SMARTS) is 1. The number of hydrogen-bond acceptors (Lipinski definition) is 7. The molecule has 0 aliphatic heterocycles. The van der Waals surface area contributed by atoms with Gasteiger partial charge >= 0.3 is 5.97 Å². The Morgan fingerprint density at radius 2 is 1.70 bits per heavy atom. The topological polar surface area (TPSA) is 194 Å². The number of primary amides is 1. The first kappa shape index (κ1) is 24.7. The fourth-order valence-electron chi connectivity index (χ4n) is 1.85. The standard InChI is InChI=1S/C15H27N5O6S/c1-8(15(25)26)19-14(24)10(5-6-27-2)20-12(22)7-18-13(23)9(16)3-4-11(17)21/h8-10H,3-7,16H2,1-2H3,(H2,17,21)(H,18,23)(H,19,24)(H,20,22)(H,25,26). The number of rotatable bonds is 13. The van der Waals surface area contributed by atoms with Crippen molar-refractivity contribution in [3.05, 3.63) is 0 Å². The van der Waals surface area contributed by atoms with Crippen LogP contribution in [0.5, 0.6) is 0 Å². The van der Waals surface area contributed by atoms with Crippen LogP contribution < -0.4 is 27.4 Å². The van der Waals surface area contributed by atoms with E-state index < -0.39 is 54.3 Å². The van der Waals surface area contributed by atoms with Gasteiger partial charge in [0.15, 0.2) is 0 Å². The van der Waals surface area contributed by atoms with Crippen LogP contribution in [0.4, 0.5) is 0 Å². The van der Waals surface area contributed by atoms with Crippen molar-refractivity contribution in [1.29, 1.82) is 0 Å². The molecule has 0 aromatic rings. The smallest absolute Gasteiger partial charge is 0.325 e. The molecule has 27 heavy (non-hydrogen) atoms. The van der Waals surface area contributed by atoms with Crippen molar-refractivity contribution < 1.29 is 29.1 Å². The summed E-state index contributed by atoms with van der Waals surface area (Å²) in [5.74, 6) is -3.11. The van der Waals surface area contributed by atoms with Crippen molar-refractivity contribution in [2.75, 3.05) is 18.6 Å². The zero-order valence-electron chi connectivity index (χ0n) is 15.3. The van der Waals surface area contributed by atoms with Crippen LogP contribution in [-0.4, -0.2) is 71.4 Å². The van der Waals surface area contributed by atoms with E-state index in [0.717, 1.165) is 0 Å². The van der Waals surface area contributed by atoms with Gasteiger partial charge in [-0.3, -0.25) is 24.0 Å². The zero-order chi connectivity index (χ0) is 21.0. The van der Waals surface area contributed by atoms with Crippen molar-refractivity contribution in [3.63, 3.8) is 0 Å². The van der Waals surface area contributed by atoms with Crippen LogP contribution in [0.3, 0.4) is 0 Å². The average Bonchev–Trinajstić information content (AvgIpc) is 2.60. The second kappa shape index (κ2) is 12.9. The Balaban J connectivity index is 4.58. The Bertz CT molecular complexity index is 559. The summed E-state index contributed by atoms with van der Waals surface area (Å²) in [6.45, 7) is 0.891. The van der Waals surface area contributed by atoms with Crippen LogP contribution in [0.15, 0.2) is 0 Å². The van der Waals surface area contributed by atoms with E-state index in [9.17, 15) is 24.0 Å². The van der Waals surface area contributed by atoms with E-state index in [1.165, 1.54) is 18.7 Å². The number of amides is 4. The predicted octanol–water partition coefficient (Wildman–Crippen LogP) is -2.48. The van der Waals surface area contributed by atoms with Crippen LogP contribution in [0.2, 0.25) is 0 Å². The van der Waals surface area contributed by atoms with Crippen LogP contribution in [-0.2, 0) is 24.0 Å². The average molecular weight is 405 g/mol. The molecule has 0 aromatic carbocycles. The van der Waals surface area contributed by atoms with Gasteiger partial charge in [0.1, 0.15) is 12.1 Å². The Labute approximate surface area is 161 Å². The van der Waals surface area contributed by atoms with E-state index in [4.69, 9.17) is 16.6 Å². The molecule has 8 N–H and O–H groups in total. The third kappa shape index (κ3) is 11.1. The molecular formula is C15H27N5O6S. The zero-order valence-corrected chi connectivity index (χ0v) is 16.1. The van der Waals surface area contributed by atoms with Gasteiger partial charge in [0.25, 0.3) is 0 Å². The van der Waals surface area contributed by atoms with Gasteiger partial charge in [-0.1, -0.05) is 0 Å². The first-order valence-corrected chi connectivity index (χ1v) is 9.60. The molecule has 0 spiro atoms. The molecule has 0 saturated heterocycles. The van der Waals surface area contributed by atoms with Gasteiger partial charge in [-0.05, 0) is 31.8 Å². The van der Waals surface area contributed by atoms with Gasteiger partial charge in [-0.15, -0.1) is 0 Å². The number of carbonyl (C=O) groups is 5. The molecule has 0 rings (SSSR count). The summed E-state index contributed by atoms with van der Waals surface area (Å²) in [7, 11) is 0. The molecule has 0 heterocycles. The third-order valence-corrected chi connectivity index (χ3v) is 4.10. The van der Waals surface area contributed by atoms with Crippen LogP contribution >= 0.6 is 11.8 Å². The number of aliphatic carboxylic acids is 1. The second-order valence-electron chi connectivity index (χ2n) is 5.80. The Morgan fingerprint density at radius 3 is 2.22 bits per heavy atom. The lowest BCUT2D eigenvalue weighted by Gasteiger charge is -2.20. The molecule has 11 nitrogen and oxygen atoms in total. The molecule has 0 aliphatic rings. The number of thioether (sulfide) groups is 1. The second-order valence-corrected chi connectivity index (χ2v) is 6.78. The first-order chi connectivity index (χ1) is 12.6. The summed E-state index contributed by atoms with van der Waals surface area (Å²) in [4.78, 5) is 57.4. The van der Waals surface area contributed by atoms with Crippen molar-refractivity contribution in [3.8, 4) is 0 Å². The van der Waals surface area contributed by atoms with E-state index >= 15 is 0 Å². The predicted molar refractivity (Wildman–Crippen MR) is 99.6 cm³/mol. The molecule has 3 unspecified atom stereocenters. The van der Waals surface area contributed by atoms with Gasteiger partial charge in [0.05, 0.1) is 12.6 Å². The molecule has 0 saturated carbocycles. The van der Waals surface area contributed by atoms with Crippen LogP contribution in [0.1, 0.15) is 26.2 Å². The molecule has 4 amide bonds. The minimum Gasteiger partial charge on any atom is -0.480 e. The summed E-state index contributed by atoms with van der Waals surface area (Å²) < 4.78 is 0. The fourth-order valence-corrected chi connectivity index (χ4v) is 2.32. The molecule has 0 aromatic heterocycles. The summed E-state index contributed by atoms with van der Waals surface area (Å²) in [5, 5.41) is 15.9. The summed E-state index contributed by atoms with van der Waals surface area (Å²) >= 11 is 1.46. The Hall–Kier alpha value is -2.34. The van der Waals surface area contributed by atoms with Crippen LogP contribution in [0.25, 0.3) is 0 Å². The number of carboxylic acids is 1. The maximum atomic E-state index is 12.1. The molecule has 0 aliphatic carbocycles. The highest BCUT2D eigenvalue weighted by Gasteiger charge is 2.24. The number of nitrogens with two attached hydrogens (primary N) is 2. The van der Waals surface area contributed by atoms with Gasteiger partial charge in [0.2, 0.25) is 23.6 Å². The maximum absolute atomic E-state index is 12.1. The van der Waals surface area contributed by atoms with E-state index in [0.29, 0.717) is 5.75 Å². The van der Waals surface area contributed by atoms with Gasteiger partial charge in [0, 0.05) is 6.42 Å². The highest BCUT2D eigenvalue weighted by atomic mass is 32.2. The van der Waals surface area contributed by atoms with Crippen LogP contribution in [0, 0.1) is 0 Å². The minimum absolute atomic E-state index is 0.0502. The molecule has 0 fully saturated rings.